The van der Waals surface area contributed by atoms with Crippen molar-refractivity contribution in [2.75, 3.05) is 13.7 Å². The van der Waals surface area contributed by atoms with Crippen LogP contribution in [-0.4, -0.2) is 28.8 Å². The summed E-state index contributed by atoms with van der Waals surface area (Å²) in [4.78, 5) is 18.9. The molecule has 0 saturated heterocycles. The maximum atomic E-state index is 11.8. The van der Waals surface area contributed by atoms with Gasteiger partial charge in [0, 0.05) is 25.1 Å². The smallest absolute Gasteiger partial charge is 0.263 e. The Morgan fingerprint density at radius 2 is 2.32 bits per heavy atom. The normalized spacial score (nSPS) is 14.3. The van der Waals surface area contributed by atoms with Gasteiger partial charge in [0.2, 0.25) is 0 Å². The fraction of sp³-hybridized carbons (Fsp3) is 0.417. The highest BCUT2D eigenvalue weighted by Gasteiger charge is 2.28. The molecule has 0 saturated carbocycles. The van der Waals surface area contributed by atoms with E-state index in [1.54, 1.807) is 20.0 Å². The second kappa shape index (κ2) is 4.94. The minimum Gasteiger partial charge on any atom is -0.382 e. The molecule has 19 heavy (non-hydrogen) atoms. The van der Waals surface area contributed by atoms with Crippen LogP contribution in [0.3, 0.4) is 0 Å². The zero-order valence-corrected chi connectivity index (χ0v) is 11.1. The van der Waals surface area contributed by atoms with E-state index in [4.69, 9.17) is 15.0 Å². The summed E-state index contributed by atoms with van der Waals surface area (Å²) in [7, 11) is 1.54. The molecule has 1 atom stereocenters. The molecule has 7 heteroatoms. The number of nitrogens with one attached hydrogen (secondary N) is 1. The van der Waals surface area contributed by atoms with E-state index < -0.39 is 5.54 Å². The van der Waals surface area contributed by atoms with Crippen molar-refractivity contribution in [2.24, 2.45) is 5.73 Å². The zero-order chi connectivity index (χ0) is 14.0. The Bertz CT molecular complexity index is 630. The second-order valence-corrected chi connectivity index (χ2v) is 4.67. The molecular weight excluding hydrogens is 248 g/mol. The molecule has 0 amide bonds. The molecule has 0 aromatic carbocycles. The average Bonchev–Trinajstić information content (AvgIpc) is 2.78. The minimum absolute atomic E-state index is 0.143. The van der Waals surface area contributed by atoms with Crippen molar-refractivity contribution in [3.63, 3.8) is 0 Å². The van der Waals surface area contributed by atoms with Gasteiger partial charge in [0.05, 0.1) is 6.61 Å². The molecule has 2 aromatic heterocycles. The summed E-state index contributed by atoms with van der Waals surface area (Å²) in [5, 5.41) is 3.80. The Hall–Kier alpha value is -1.99. The van der Waals surface area contributed by atoms with Crippen molar-refractivity contribution in [1.29, 1.82) is 0 Å². The van der Waals surface area contributed by atoms with E-state index in [-0.39, 0.29) is 17.9 Å². The third-order valence-corrected chi connectivity index (χ3v) is 2.67. The molecule has 2 aromatic rings. The molecule has 7 nitrogen and oxygen atoms in total. The maximum Gasteiger partial charge on any atom is 0.263 e. The predicted molar refractivity (Wildman–Crippen MR) is 68.5 cm³/mol. The lowest BCUT2D eigenvalue weighted by atomic mass is 10.1. The first-order valence-electron chi connectivity index (χ1n) is 5.76. The molecule has 1 unspecified atom stereocenters. The van der Waals surface area contributed by atoms with Crippen LogP contribution in [0.1, 0.15) is 18.4 Å². The van der Waals surface area contributed by atoms with Gasteiger partial charge in [-0.15, -0.1) is 0 Å². The van der Waals surface area contributed by atoms with Crippen molar-refractivity contribution >= 4 is 0 Å². The summed E-state index contributed by atoms with van der Waals surface area (Å²) in [5.74, 6) is 0.438. The van der Waals surface area contributed by atoms with Crippen LogP contribution in [0.25, 0.3) is 11.5 Å². The predicted octanol–water partition coefficient (Wildman–Crippen LogP) is 0.554. The van der Waals surface area contributed by atoms with Crippen molar-refractivity contribution in [3.05, 3.63) is 34.0 Å². The van der Waals surface area contributed by atoms with Crippen LogP contribution in [0.5, 0.6) is 0 Å². The Balaban J connectivity index is 2.38. The number of aromatic amines is 1. The molecule has 0 aliphatic rings. The van der Waals surface area contributed by atoms with Crippen molar-refractivity contribution < 1.29 is 9.26 Å². The number of hydrogen-bond donors (Lipinski definition) is 2. The molecule has 0 aliphatic carbocycles. The summed E-state index contributed by atoms with van der Waals surface area (Å²) in [6, 6.07) is 1.47. The van der Waals surface area contributed by atoms with E-state index in [0.717, 1.165) is 5.69 Å². The topological polar surface area (TPSA) is 107 Å². The number of aryl methyl sites for hydroxylation is 1. The Labute approximate surface area is 109 Å². The molecule has 0 bridgehead atoms. The largest absolute Gasteiger partial charge is 0.382 e. The van der Waals surface area contributed by atoms with Gasteiger partial charge >= 0.3 is 0 Å². The summed E-state index contributed by atoms with van der Waals surface area (Å²) in [5.41, 5.74) is 6.03. The Morgan fingerprint density at radius 1 is 1.58 bits per heavy atom. The monoisotopic (exact) mass is 264 g/mol. The van der Waals surface area contributed by atoms with E-state index in [2.05, 4.69) is 15.1 Å². The molecular formula is C12H16N4O3. The van der Waals surface area contributed by atoms with Gasteiger partial charge in [-0.2, -0.15) is 4.98 Å². The fourth-order valence-electron chi connectivity index (χ4n) is 1.67. The highest BCUT2D eigenvalue weighted by molar-refractivity contribution is 5.51. The number of hydrogen-bond acceptors (Lipinski definition) is 6. The average molecular weight is 264 g/mol. The number of nitrogens with two attached hydrogens (primary N) is 1. The third-order valence-electron chi connectivity index (χ3n) is 2.67. The zero-order valence-electron chi connectivity index (χ0n) is 11.1. The van der Waals surface area contributed by atoms with Gasteiger partial charge in [-0.3, -0.25) is 4.79 Å². The first kappa shape index (κ1) is 13.4. The molecule has 2 rings (SSSR count). The van der Waals surface area contributed by atoms with Crippen LogP contribution < -0.4 is 11.2 Å². The highest BCUT2D eigenvalue weighted by Crippen LogP contribution is 2.18. The Morgan fingerprint density at radius 3 is 2.95 bits per heavy atom. The minimum atomic E-state index is -0.867. The van der Waals surface area contributed by atoms with Crippen LogP contribution in [0.4, 0.5) is 0 Å². The third kappa shape index (κ3) is 2.72. The first-order chi connectivity index (χ1) is 8.94. The lowest BCUT2D eigenvalue weighted by Crippen LogP contribution is -2.39. The second-order valence-electron chi connectivity index (χ2n) is 4.67. The van der Waals surface area contributed by atoms with Gasteiger partial charge in [-0.25, -0.2) is 0 Å². The van der Waals surface area contributed by atoms with Gasteiger partial charge in [-0.05, 0) is 13.8 Å². The standard InChI is InChI=1S/C12H16N4O3/c1-7-4-9(17)8(5-14-7)10-15-11(16-19-10)12(2,13)6-18-3/h4-5H,6,13H2,1-3H3,(H,14,17). The summed E-state index contributed by atoms with van der Waals surface area (Å²) < 4.78 is 10.1. The van der Waals surface area contributed by atoms with Crippen LogP contribution in [0, 0.1) is 6.92 Å². The quantitative estimate of drug-likeness (QED) is 0.835. The lowest BCUT2D eigenvalue weighted by molar-refractivity contribution is 0.135. The van der Waals surface area contributed by atoms with E-state index in [1.807, 2.05) is 0 Å². The van der Waals surface area contributed by atoms with Gasteiger partial charge in [0.15, 0.2) is 11.3 Å². The summed E-state index contributed by atoms with van der Waals surface area (Å²) in [6.07, 6.45) is 1.54. The van der Waals surface area contributed by atoms with E-state index in [1.165, 1.54) is 13.2 Å². The maximum absolute atomic E-state index is 11.8. The molecule has 3 N–H and O–H groups in total. The molecule has 102 valence electrons. The van der Waals surface area contributed by atoms with E-state index in [9.17, 15) is 4.79 Å². The number of aromatic nitrogens is 3. The lowest BCUT2D eigenvalue weighted by Gasteiger charge is -2.18. The van der Waals surface area contributed by atoms with Crippen molar-refractivity contribution in [3.8, 4) is 11.5 Å². The number of rotatable bonds is 4. The molecule has 0 aliphatic heterocycles. The van der Waals surface area contributed by atoms with Crippen molar-refractivity contribution in [2.45, 2.75) is 19.4 Å². The van der Waals surface area contributed by atoms with Crippen LogP contribution in [0.2, 0.25) is 0 Å². The Kier molecular flexibility index (Phi) is 3.50. The van der Waals surface area contributed by atoms with Gasteiger partial charge in [-0.1, -0.05) is 5.16 Å². The van der Waals surface area contributed by atoms with Gasteiger partial charge in [0.1, 0.15) is 11.1 Å². The number of pyridine rings is 1. The fourth-order valence-corrected chi connectivity index (χ4v) is 1.67. The first-order valence-corrected chi connectivity index (χ1v) is 5.76. The SMILES string of the molecule is COCC(C)(N)c1noc(-c2c[nH]c(C)cc2=O)n1. The molecule has 2 heterocycles. The molecule has 0 fully saturated rings. The van der Waals surface area contributed by atoms with E-state index >= 15 is 0 Å². The number of methoxy groups -OCH3 is 1. The van der Waals surface area contributed by atoms with Crippen molar-refractivity contribution in [1.82, 2.24) is 15.1 Å². The molecule has 0 spiro atoms. The summed E-state index contributed by atoms with van der Waals surface area (Å²) in [6.45, 7) is 3.76. The number of H-pyrrole nitrogens is 1. The van der Waals surface area contributed by atoms with Crippen LogP contribution >= 0.6 is 0 Å². The number of nitrogens with zero attached hydrogens (tertiary/aromatic N) is 2. The molecule has 0 radical (unpaired) electrons. The van der Waals surface area contributed by atoms with Gasteiger partial charge in [0.25, 0.3) is 5.89 Å². The highest BCUT2D eigenvalue weighted by atomic mass is 16.5. The van der Waals surface area contributed by atoms with Crippen LogP contribution in [0.15, 0.2) is 21.6 Å². The van der Waals surface area contributed by atoms with E-state index in [0.29, 0.717) is 11.4 Å². The summed E-state index contributed by atoms with van der Waals surface area (Å²) >= 11 is 0. The van der Waals surface area contributed by atoms with Crippen LogP contribution in [-0.2, 0) is 10.3 Å². The number of ether oxygens (including phenoxy) is 1. The van der Waals surface area contributed by atoms with Gasteiger partial charge < -0.3 is 20.0 Å².